The van der Waals surface area contributed by atoms with E-state index in [2.05, 4.69) is 30.0 Å². The van der Waals surface area contributed by atoms with Gasteiger partial charge in [0.15, 0.2) is 11.5 Å². The molecule has 2 fully saturated rings. The zero-order valence-corrected chi connectivity index (χ0v) is 23.5. The highest BCUT2D eigenvalue weighted by atomic mass is 16.7. The number of benzene rings is 3. The molecule has 7 heteroatoms. The molecule has 1 saturated carbocycles. The van der Waals surface area contributed by atoms with Gasteiger partial charge >= 0.3 is 5.97 Å². The Kier molecular flexibility index (Phi) is 8.14. The molecule has 3 aromatic carbocycles. The lowest BCUT2D eigenvalue weighted by atomic mass is 9.88. The molecule has 0 aromatic heterocycles. The number of rotatable bonds is 11. The molecule has 6 rings (SSSR count). The van der Waals surface area contributed by atoms with Gasteiger partial charge in [-0.1, -0.05) is 37.3 Å². The number of phenolic OH excluding ortho intramolecular Hbond substituents is 1. The smallest absolute Gasteiger partial charge is 0.309 e. The Morgan fingerprint density at radius 2 is 1.59 bits per heavy atom. The van der Waals surface area contributed by atoms with Gasteiger partial charge in [-0.2, -0.15) is 0 Å². The maximum Gasteiger partial charge on any atom is 0.309 e. The van der Waals surface area contributed by atoms with Crippen molar-refractivity contribution < 1.29 is 28.8 Å². The number of aromatic hydroxyl groups is 1. The Balaban J connectivity index is 1.25. The monoisotopic (exact) mass is 555 g/mol. The molecule has 1 saturated heterocycles. The number of allylic oxidation sites excluding steroid dienone is 1. The van der Waals surface area contributed by atoms with Crippen LogP contribution in [-0.2, 0) is 9.53 Å². The Labute approximate surface area is 241 Å². The molecule has 1 aliphatic carbocycles. The number of nitrogens with zero attached hydrogens (tertiary/aromatic N) is 1. The van der Waals surface area contributed by atoms with Gasteiger partial charge in [-0.05, 0) is 109 Å². The molecule has 0 amide bonds. The topological polar surface area (TPSA) is 77.5 Å². The first-order valence-electron chi connectivity index (χ1n) is 14.7. The van der Waals surface area contributed by atoms with Crippen molar-refractivity contribution in [1.82, 2.24) is 4.90 Å². The number of carbonyl (C=O) groups is 1. The second kappa shape index (κ2) is 12.3. The minimum Gasteiger partial charge on any atom is -0.508 e. The fraction of sp³-hybridized carbons (Fsp3) is 0.382. The normalized spacial score (nSPS) is 17.7. The summed E-state index contributed by atoms with van der Waals surface area (Å²) in [6.45, 7) is 5.49. The summed E-state index contributed by atoms with van der Waals surface area (Å²) in [7, 11) is 0. The van der Waals surface area contributed by atoms with Crippen LogP contribution < -0.4 is 14.2 Å². The minimum absolute atomic E-state index is 0.0676. The van der Waals surface area contributed by atoms with Gasteiger partial charge in [0.25, 0.3) is 0 Å². The van der Waals surface area contributed by atoms with Crippen LogP contribution in [0, 0.1) is 5.92 Å². The first-order valence-corrected chi connectivity index (χ1v) is 14.7. The van der Waals surface area contributed by atoms with E-state index in [1.807, 2.05) is 36.4 Å². The summed E-state index contributed by atoms with van der Waals surface area (Å²) in [6.07, 6.45) is 4.74. The highest BCUT2D eigenvalue weighted by molar-refractivity contribution is 5.99. The number of hydrogen-bond donors (Lipinski definition) is 1. The number of fused-ring (bicyclic) bond motifs is 1. The van der Waals surface area contributed by atoms with Gasteiger partial charge in [0, 0.05) is 6.54 Å². The van der Waals surface area contributed by atoms with Crippen LogP contribution in [0.4, 0.5) is 0 Å². The molecular formula is C34H37NO6. The summed E-state index contributed by atoms with van der Waals surface area (Å²) in [4.78, 5) is 14.8. The van der Waals surface area contributed by atoms with Gasteiger partial charge in [0.1, 0.15) is 24.2 Å². The van der Waals surface area contributed by atoms with E-state index < -0.39 is 0 Å². The maximum atomic E-state index is 12.4. The number of likely N-dealkylation sites (tertiary alicyclic amines) is 1. The standard InChI is InChI=1S/C34H37NO6/c1-2-30(26-11-16-31-32(19-26)40-22-39-31)33(23-7-12-27(36)13-8-23)24-9-14-28(15-10-24)38-21-29(20-35-17-3-4-18-35)41-34(37)25-5-6-25/h7-16,19,25,29,36H,2-6,17-18,20-22H2,1H3. The Hall–Kier alpha value is -3.97. The van der Waals surface area contributed by atoms with E-state index in [-0.39, 0.29) is 30.5 Å². The lowest BCUT2D eigenvalue weighted by Gasteiger charge is -2.24. The first kappa shape index (κ1) is 27.2. The number of hydrogen-bond acceptors (Lipinski definition) is 7. The molecule has 41 heavy (non-hydrogen) atoms. The van der Waals surface area contributed by atoms with E-state index in [0.717, 1.165) is 77.4 Å². The van der Waals surface area contributed by atoms with Gasteiger partial charge < -0.3 is 24.1 Å². The summed E-state index contributed by atoms with van der Waals surface area (Å²) >= 11 is 0. The van der Waals surface area contributed by atoms with Crippen molar-refractivity contribution >= 4 is 17.1 Å². The minimum atomic E-state index is -0.286. The van der Waals surface area contributed by atoms with E-state index in [1.54, 1.807) is 12.1 Å². The van der Waals surface area contributed by atoms with E-state index in [4.69, 9.17) is 18.9 Å². The molecule has 2 aliphatic heterocycles. The van der Waals surface area contributed by atoms with Gasteiger partial charge in [0.2, 0.25) is 6.79 Å². The van der Waals surface area contributed by atoms with Gasteiger partial charge in [-0.25, -0.2) is 0 Å². The van der Waals surface area contributed by atoms with E-state index in [0.29, 0.717) is 13.2 Å². The molecule has 0 spiro atoms. The van der Waals surface area contributed by atoms with Crippen LogP contribution in [0.2, 0.25) is 0 Å². The number of ether oxygens (including phenoxy) is 4. The fourth-order valence-corrected chi connectivity index (χ4v) is 5.62. The van der Waals surface area contributed by atoms with Crippen molar-refractivity contribution in [2.75, 3.05) is 33.0 Å². The molecule has 7 nitrogen and oxygen atoms in total. The first-order chi connectivity index (χ1) is 20.1. The maximum absolute atomic E-state index is 12.4. The van der Waals surface area contributed by atoms with Crippen molar-refractivity contribution in [2.24, 2.45) is 5.92 Å². The second-order valence-electron chi connectivity index (χ2n) is 11.0. The molecule has 0 radical (unpaired) electrons. The molecule has 0 bridgehead atoms. The number of esters is 1. The SMILES string of the molecule is CCC(=C(c1ccc(O)cc1)c1ccc(OCC(CN2CCCC2)OC(=O)C2CC2)cc1)c1ccc2c(c1)OCO2. The summed E-state index contributed by atoms with van der Waals surface area (Å²) in [6, 6.07) is 21.4. The highest BCUT2D eigenvalue weighted by Crippen LogP contribution is 2.40. The summed E-state index contributed by atoms with van der Waals surface area (Å²) < 4.78 is 23.2. The molecule has 3 aromatic rings. The molecule has 1 unspecified atom stereocenters. The number of phenols is 1. The van der Waals surface area contributed by atoms with Crippen LogP contribution in [0.15, 0.2) is 66.7 Å². The summed E-state index contributed by atoms with van der Waals surface area (Å²) in [5.41, 5.74) is 5.32. The lowest BCUT2D eigenvalue weighted by Crippen LogP contribution is -2.37. The average molecular weight is 556 g/mol. The van der Waals surface area contributed by atoms with Crippen molar-refractivity contribution in [2.45, 2.75) is 45.1 Å². The number of carbonyl (C=O) groups excluding carboxylic acids is 1. The van der Waals surface area contributed by atoms with Crippen molar-refractivity contribution in [1.29, 1.82) is 0 Å². The third-order valence-corrected chi connectivity index (χ3v) is 7.97. The Morgan fingerprint density at radius 3 is 2.27 bits per heavy atom. The zero-order chi connectivity index (χ0) is 28.2. The largest absolute Gasteiger partial charge is 0.508 e. The van der Waals surface area contributed by atoms with Gasteiger partial charge in [-0.15, -0.1) is 0 Å². The van der Waals surface area contributed by atoms with Crippen LogP contribution in [0.5, 0.6) is 23.0 Å². The van der Waals surface area contributed by atoms with Gasteiger partial charge in [0.05, 0.1) is 5.92 Å². The second-order valence-corrected chi connectivity index (χ2v) is 11.0. The lowest BCUT2D eigenvalue weighted by molar-refractivity contribution is -0.153. The van der Waals surface area contributed by atoms with Gasteiger partial charge in [-0.3, -0.25) is 9.69 Å². The molecule has 1 N–H and O–H groups in total. The predicted molar refractivity (Wildman–Crippen MR) is 157 cm³/mol. The zero-order valence-electron chi connectivity index (χ0n) is 23.5. The van der Waals surface area contributed by atoms with Crippen LogP contribution in [-0.4, -0.2) is 55.1 Å². The third kappa shape index (κ3) is 6.51. The van der Waals surface area contributed by atoms with Crippen LogP contribution in [0.3, 0.4) is 0 Å². The van der Waals surface area contributed by atoms with E-state index >= 15 is 0 Å². The third-order valence-electron chi connectivity index (χ3n) is 7.97. The highest BCUT2D eigenvalue weighted by Gasteiger charge is 2.33. The molecule has 2 heterocycles. The summed E-state index contributed by atoms with van der Waals surface area (Å²) in [5.74, 6) is 2.43. The molecular weight excluding hydrogens is 518 g/mol. The van der Waals surface area contributed by atoms with Crippen LogP contribution >= 0.6 is 0 Å². The average Bonchev–Trinajstić information content (AvgIpc) is 3.53. The fourth-order valence-electron chi connectivity index (χ4n) is 5.62. The van der Waals surface area contributed by atoms with Crippen LogP contribution in [0.25, 0.3) is 11.1 Å². The quantitative estimate of drug-likeness (QED) is 0.220. The van der Waals surface area contributed by atoms with Crippen molar-refractivity contribution in [3.05, 3.63) is 83.4 Å². The Bertz CT molecular complexity index is 1390. The molecule has 1 atom stereocenters. The summed E-state index contributed by atoms with van der Waals surface area (Å²) in [5, 5.41) is 9.95. The molecule has 214 valence electrons. The van der Waals surface area contributed by atoms with E-state index in [1.165, 1.54) is 12.8 Å². The molecule has 3 aliphatic rings. The predicted octanol–water partition coefficient (Wildman–Crippen LogP) is 6.29. The van der Waals surface area contributed by atoms with Crippen LogP contribution in [0.1, 0.15) is 55.7 Å². The Morgan fingerprint density at radius 1 is 0.927 bits per heavy atom. The van der Waals surface area contributed by atoms with Crippen molar-refractivity contribution in [3.63, 3.8) is 0 Å². The van der Waals surface area contributed by atoms with E-state index in [9.17, 15) is 9.90 Å². The van der Waals surface area contributed by atoms with Crippen molar-refractivity contribution in [3.8, 4) is 23.0 Å².